The minimum atomic E-state index is -4.18. The van der Waals surface area contributed by atoms with Crippen molar-refractivity contribution in [3.63, 3.8) is 0 Å². The summed E-state index contributed by atoms with van der Waals surface area (Å²) in [5, 5.41) is 29.1. The van der Waals surface area contributed by atoms with Crippen LogP contribution in [0, 0.1) is 0 Å². The minimum absolute atomic E-state index is 0.0272. The predicted octanol–water partition coefficient (Wildman–Crippen LogP) is 3.13. The van der Waals surface area contributed by atoms with Crippen molar-refractivity contribution in [1.82, 2.24) is 5.32 Å². The van der Waals surface area contributed by atoms with Gasteiger partial charge in [-0.2, -0.15) is 0 Å². The van der Waals surface area contributed by atoms with Gasteiger partial charge in [-0.15, -0.1) is 0 Å². The molecule has 0 spiro atoms. The molecular formula is C24H54N2O7P+. The van der Waals surface area contributed by atoms with Crippen LogP contribution in [-0.2, 0) is 9.36 Å². The Morgan fingerprint density at radius 1 is 0.794 bits per heavy atom. The van der Waals surface area contributed by atoms with Crippen molar-refractivity contribution in [3.8, 4) is 0 Å². The van der Waals surface area contributed by atoms with Gasteiger partial charge in [-0.1, -0.05) is 84.0 Å². The summed E-state index contributed by atoms with van der Waals surface area (Å²) < 4.78 is 10.8. The highest BCUT2D eigenvalue weighted by atomic mass is 31.2. The molecule has 0 saturated carbocycles. The van der Waals surface area contributed by atoms with Crippen molar-refractivity contribution in [3.05, 3.63) is 0 Å². The summed E-state index contributed by atoms with van der Waals surface area (Å²) in [5.74, 6) is -1.05. The van der Waals surface area contributed by atoms with E-state index >= 15 is 0 Å². The van der Waals surface area contributed by atoms with Crippen molar-refractivity contribution in [2.24, 2.45) is 0 Å². The summed E-state index contributed by atoms with van der Waals surface area (Å²) >= 11 is 0. The van der Waals surface area contributed by atoms with E-state index in [0.717, 1.165) is 12.8 Å². The molecule has 0 bridgehead atoms. The first-order valence-corrected chi connectivity index (χ1v) is 14.6. The molecule has 0 aromatic carbocycles. The van der Waals surface area contributed by atoms with Crippen molar-refractivity contribution >= 4 is 13.5 Å². The number of carbonyl (C=O) groups excluding carboxylic acids is 1. The largest absolute Gasteiger partial charge is 0.394 e. The van der Waals surface area contributed by atoms with Gasteiger partial charge in [-0.05, 0) is 6.42 Å². The molecule has 9 nitrogen and oxygen atoms in total. The second kappa shape index (κ2) is 21.7. The SMILES string of the molecule is CCCCCCCCCCCCCCCC(=O)NCC(O)CO.C[N+](C)(C)C(CO)P(=O)(O)O. The van der Waals surface area contributed by atoms with E-state index in [0.29, 0.717) is 6.42 Å². The monoisotopic (exact) mass is 513 g/mol. The van der Waals surface area contributed by atoms with E-state index in [4.69, 9.17) is 25.1 Å². The van der Waals surface area contributed by atoms with E-state index < -0.39 is 26.1 Å². The van der Waals surface area contributed by atoms with Crippen molar-refractivity contribution in [2.75, 3.05) is 40.9 Å². The molecule has 0 aromatic rings. The number of carbonyl (C=O) groups is 1. The van der Waals surface area contributed by atoms with Crippen LogP contribution in [0.2, 0.25) is 0 Å². The van der Waals surface area contributed by atoms with Gasteiger partial charge in [0.1, 0.15) is 6.61 Å². The average Bonchev–Trinajstić information content (AvgIpc) is 2.74. The predicted molar refractivity (Wildman–Crippen MR) is 137 cm³/mol. The first-order valence-electron chi connectivity index (χ1n) is 12.9. The molecule has 10 heteroatoms. The summed E-state index contributed by atoms with van der Waals surface area (Å²) in [4.78, 5) is 29.0. The number of likely N-dealkylation sites (N-methyl/N-ethyl adjacent to an activating group) is 1. The molecule has 206 valence electrons. The molecule has 0 aliphatic rings. The van der Waals surface area contributed by atoms with Gasteiger partial charge < -0.3 is 34.9 Å². The number of rotatable bonds is 20. The van der Waals surface area contributed by atoms with Gasteiger partial charge in [0.25, 0.3) is 0 Å². The topological polar surface area (TPSA) is 147 Å². The standard InChI is InChI=1S/C19H39NO3.C5H14NO4P/c1-2-3-4-5-6-7-8-9-10-11-12-13-14-15-19(23)20-16-18(22)17-21;1-6(2,3)5(4-7)11(8,9)10/h18,21-22H,2-17H2,1H3,(H,20,23);5,7H,4H2,1-3H3,(H-,8,9,10)/p+1. The minimum Gasteiger partial charge on any atom is -0.394 e. The Morgan fingerprint density at radius 2 is 1.21 bits per heavy atom. The highest BCUT2D eigenvalue weighted by Gasteiger charge is 2.39. The zero-order valence-electron chi connectivity index (χ0n) is 22.1. The lowest BCUT2D eigenvalue weighted by Gasteiger charge is -2.32. The van der Waals surface area contributed by atoms with Crippen LogP contribution >= 0.6 is 7.60 Å². The van der Waals surface area contributed by atoms with Crippen molar-refractivity contribution in [1.29, 1.82) is 0 Å². The lowest BCUT2D eigenvalue weighted by Crippen LogP contribution is -2.46. The normalized spacial score (nSPS) is 13.7. The number of quaternary nitrogens is 1. The van der Waals surface area contributed by atoms with E-state index in [9.17, 15) is 9.36 Å². The van der Waals surface area contributed by atoms with Gasteiger partial charge in [0.2, 0.25) is 11.7 Å². The zero-order valence-corrected chi connectivity index (χ0v) is 23.0. The molecule has 34 heavy (non-hydrogen) atoms. The molecule has 0 aromatic heterocycles. The number of aliphatic hydroxyl groups excluding tert-OH is 3. The molecule has 0 radical (unpaired) electrons. The van der Waals surface area contributed by atoms with Gasteiger partial charge in [0.05, 0.1) is 33.9 Å². The number of unbranched alkanes of at least 4 members (excludes halogenated alkanes) is 12. The number of nitrogens with zero attached hydrogens (tertiary/aromatic N) is 1. The maximum atomic E-state index is 11.5. The average molecular weight is 514 g/mol. The molecule has 2 unspecified atom stereocenters. The van der Waals surface area contributed by atoms with Gasteiger partial charge >= 0.3 is 7.60 Å². The highest BCUT2D eigenvalue weighted by Crippen LogP contribution is 2.43. The fourth-order valence-corrected chi connectivity index (χ4v) is 4.61. The summed E-state index contributed by atoms with van der Waals surface area (Å²) in [6, 6.07) is 0. The Hall–Kier alpha value is -0.540. The molecule has 0 fully saturated rings. The smallest absolute Gasteiger partial charge is 0.384 e. The van der Waals surface area contributed by atoms with Crippen LogP contribution in [0.25, 0.3) is 0 Å². The molecule has 0 rings (SSSR count). The van der Waals surface area contributed by atoms with Crippen LogP contribution in [0.5, 0.6) is 0 Å². The zero-order chi connectivity index (χ0) is 26.5. The number of aliphatic hydroxyl groups is 3. The molecule has 0 saturated heterocycles. The van der Waals surface area contributed by atoms with E-state index in [1.165, 1.54) is 70.6 Å². The maximum Gasteiger partial charge on any atom is 0.384 e. The lowest BCUT2D eigenvalue weighted by atomic mass is 10.0. The third kappa shape index (κ3) is 23.2. The van der Waals surface area contributed by atoms with Crippen LogP contribution in [0.1, 0.15) is 96.8 Å². The Bertz CT molecular complexity index is 524. The van der Waals surface area contributed by atoms with E-state index in [-0.39, 0.29) is 23.5 Å². The second-order valence-corrected chi connectivity index (χ2v) is 11.8. The van der Waals surface area contributed by atoms with E-state index in [2.05, 4.69) is 12.2 Å². The third-order valence-electron chi connectivity index (χ3n) is 5.70. The Balaban J connectivity index is 0. The first kappa shape index (κ1) is 35.6. The fourth-order valence-electron chi connectivity index (χ4n) is 3.49. The molecule has 0 aliphatic carbocycles. The van der Waals surface area contributed by atoms with Crippen molar-refractivity contribution < 1.29 is 38.9 Å². The summed E-state index contributed by atoms with van der Waals surface area (Å²) in [6.07, 6.45) is 16.6. The van der Waals surface area contributed by atoms with Crippen LogP contribution in [0.3, 0.4) is 0 Å². The molecular weight excluding hydrogens is 459 g/mol. The van der Waals surface area contributed by atoms with Gasteiger partial charge in [-0.25, -0.2) is 0 Å². The number of amides is 1. The molecule has 1 amide bonds. The molecule has 6 N–H and O–H groups in total. The number of nitrogens with one attached hydrogen (secondary N) is 1. The van der Waals surface area contributed by atoms with Gasteiger partial charge in [-0.3, -0.25) is 9.36 Å². The Morgan fingerprint density at radius 3 is 1.50 bits per heavy atom. The fraction of sp³-hybridized carbons (Fsp3) is 0.958. The third-order valence-corrected chi connectivity index (χ3v) is 7.33. The number of hydrogen-bond acceptors (Lipinski definition) is 5. The first-order chi connectivity index (χ1) is 15.9. The van der Waals surface area contributed by atoms with Gasteiger partial charge in [0.15, 0.2) is 0 Å². The van der Waals surface area contributed by atoms with Crippen LogP contribution in [-0.4, -0.2) is 88.3 Å². The summed E-state index contributed by atoms with van der Waals surface area (Å²) in [6.45, 7) is 1.59. The molecule has 0 heterocycles. The quantitative estimate of drug-likeness (QED) is 0.0832. The van der Waals surface area contributed by atoms with E-state index in [1.807, 2.05) is 0 Å². The maximum absolute atomic E-state index is 11.5. The summed E-state index contributed by atoms with van der Waals surface area (Å²) in [7, 11) is 0.700. The van der Waals surface area contributed by atoms with Crippen LogP contribution < -0.4 is 5.32 Å². The Labute approximate surface area is 207 Å². The summed E-state index contributed by atoms with van der Waals surface area (Å²) in [5.41, 5.74) is 0. The van der Waals surface area contributed by atoms with E-state index in [1.54, 1.807) is 21.1 Å². The van der Waals surface area contributed by atoms with Crippen molar-refractivity contribution in [2.45, 2.75) is 109 Å². The second-order valence-electron chi connectivity index (χ2n) is 10.0. The van der Waals surface area contributed by atoms with Crippen LogP contribution in [0.4, 0.5) is 0 Å². The lowest BCUT2D eigenvalue weighted by molar-refractivity contribution is -0.883. The van der Waals surface area contributed by atoms with Crippen LogP contribution in [0.15, 0.2) is 0 Å². The molecule has 0 aliphatic heterocycles. The molecule has 2 atom stereocenters. The Kier molecular flexibility index (Phi) is 22.8. The number of hydrogen-bond donors (Lipinski definition) is 6. The van der Waals surface area contributed by atoms with Gasteiger partial charge in [0, 0.05) is 13.0 Å². The highest BCUT2D eigenvalue weighted by molar-refractivity contribution is 7.52.